The first-order chi connectivity index (χ1) is 13.6. The van der Waals surface area contributed by atoms with Crippen molar-refractivity contribution in [2.45, 2.75) is 11.4 Å². The van der Waals surface area contributed by atoms with Gasteiger partial charge in [0.1, 0.15) is 17.1 Å². The maximum atomic E-state index is 13.1. The summed E-state index contributed by atoms with van der Waals surface area (Å²) in [6.07, 6.45) is 1.57. The molecule has 0 fully saturated rings. The van der Waals surface area contributed by atoms with E-state index in [-0.39, 0.29) is 24.0 Å². The van der Waals surface area contributed by atoms with Gasteiger partial charge in [0, 0.05) is 4.90 Å². The molecule has 1 amide bonds. The van der Waals surface area contributed by atoms with Gasteiger partial charge in [0.15, 0.2) is 5.13 Å². The first kappa shape index (κ1) is 19.0. The fourth-order valence-corrected chi connectivity index (χ4v) is 4.65. The van der Waals surface area contributed by atoms with Crippen LogP contribution in [0.3, 0.4) is 0 Å². The van der Waals surface area contributed by atoms with E-state index in [1.807, 2.05) is 18.2 Å². The number of furan rings is 1. The molecule has 0 spiro atoms. The van der Waals surface area contributed by atoms with Crippen molar-refractivity contribution in [1.29, 1.82) is 0 Å². The molecule has 0 radical (unpaired) electrons. The normalized spacial score (nSPS) is 11.1. The van der Waals surface area contributed by atoms with Crippen LogP contribution in [0, 0.1) is 5.82 Å². The molecular weight excluding hydrogens is 419 g/mol. The number of thioether (sulfide) groups is 1. The average molecular weight is 433 g/mol. The van der Waals surface area contributed by atoms with E-state index in [4.69, 9.17) is 16.0 Å². The number of hydrogen-bond acceptors (Lipinski definition) is 5. The zero-order valence-corrected chi connectivity index (χ0v) is 16.9. The highest BCUT2D eigenvalue weighted by Crippen LogP contribution is 2.34. The van der Waals surface area contributed by atoms with Crippen molar-refractivity contribution in [3.63, 3.8) is 0 Å². The Hall–Kier alpha value is -2.35. The number of hydrogen-bond donors (Lipinski definition) is 0. The predicted octanol–water partition coefficient (Wildman–Crippen LogP) is 6.01. The van der Waals surface area contributed by atoms with E-state index in [1.165, 1.54) is 35.2 Å². The number of benzene rings is 2. The molecule has 0 atom stereocenters. The summed E-state index contributed by atoms with van der Waals surface area (Å²) >= 11 is 8.99. The second kappa shape index (κ2) is 8.34. The molecule has 2 heterocycles. The lowest BCUT2D eigenvalue weighted by molar-refractivity contribution is -0.116. The van der Waals surface area contributed by atoms with Crippen LogP contribution < -0.4 is 4.90 Å². The monoisotopic (exact) mass is 432 g/mol. The van der Waals surface area contributed by atoms with Crippen molar-refractivity contribution in [3.05, 3.63) is 77.5 Å². The van der Waals surface area contributed by atoms with Gasteiger partial charge in [0.2, 0.25) is 5.91 Å². The van der Waals surface area contributed by atoms with Gasteiger partial charge in [0.05, 0.1) is 28.3 Å². The van der Waals surface area contributed by atoms with Crippen LogP contribution in [0.4, 0.5) is 9.52 Å². The topological polar surface area (TPSA) is 46.3 Å². The number of carbonyl (C=O) groups excluding carboxylic acids is 1. The van der Waals surface area contributed by atoms with E-state index in [0.29, 0.717) is 21.4 Å². The zero-order chi connectivity index (χ0) is 19.5. The molecule has 0 saturated carbocycles. The fraction of sp³-hybridized carbons (Fsp3) is 0.100. The van der Waals surface area contributed by atoms with Gasteiger partial charge < -0.3 is 4.42 Å². The number of fused-ring (bicyclic) bond motifs is 1. The van der Waals surface area contributed by atoms with Crippen LogP contribution in [0.1, 0.15) is 5.76 Å². The van der Waals surface area contributed by atoms with E-state index in [9.17, 15) is 9.18 Å². The molecular formula is C20H14ClFN2O2S2. The second-order valence-electron chi connectivity index (χ2n) is 5.88. The Labute approximate surface area is 173 Å². The molecule has 0 saturated heterocycles. The maximum absolute atomic E-state index is 13.1. The van der Waals surface area contributed by atoms with Crippen LogP contribution in [0.5, 0.6) is 0 Å². The van der Waals surface area contributed by atoms with E-state index in [2.05, 4.69) is 4.98 Å². The van der Waals surface area contributed by atoms with Gasteiger partial charge in [-0.3, -0.25) is 9.69 Å². The lowest BCUT2D eigenvalue weighted by Gasteiger charge is -2.18. The molecule has 4 rings (SSSR count). The molecule has 2 aromatic heterocycles. The first-order valence-corrected chi connectivity index (χ1v) is 10.5. The molecule has 142 valence electrons. The van der Waals surface area contributed by atoms with Gasteiger partial charge in [-0.15, -0.1) is 11.8 Å². The molecule has 0 bridgehead atoms. The first-order valence-electron chi connectivity index (χ1n) is 8.36. The molecule has 0 aliphatic carbocycles. The summed E-state index contributed by atoms with van der Waals surface area (Å²) in [5.74, 6) is 0.420. The highest BCUT2D eigenvalue weighted by molar-refractivity contribution is 8.00. The number of anilines is 1. The van der Waals surface area contributed by atoms with Crippen molar-refractivity contribution >= 4 is 56.0 Å². The van der Waals surface area contributed by atoms with Crippen LogP contribution in [-0.2, 0) is 11.3 Å². The maximum Gasteiger partial charge on any atom is 0.239 e. The summed E-state index contributed by atoms with van der Waals surface area (Å²) in [5.41, 5.74) is 0.674. The van der Waals surface area contributed by atoms with Crippen LogP contribution in [-0.4, -0.2) is 16.6 Å². The summed E-state index contributed by atoms with van der Waals surface area (Å²) in [7, 11) is 0. The largest absolute Gasteiger partial charge is 0.467 e. The van der Waals surface area contributed by atoms with Crippen LogP contribution >= 0.6 is 34.7 Å². The van der Waals surface area contributed by atoms with Gasteiger partial charge in [-0.25, -0.2) is 9.37 Å². The summed E-state index contributed by atoms with van der Waals surface area (Å²) in [5, 5.41) is 1.11. The molecule has 0 aliphatic heterocycles. The summed E-state index contributed by atoms with van der Waals surface area (Å²) < 4.78 is 19.4. The SMILES string of the molecule is O=C(CSc1ccc(F)cc1)N(Cc1ccco1)c1nc2c(Cl)cccc2s1. The molecule has 0 unspecified atom stereocenters. The summed E-state index contributed by atoms with van der Waals surface area (Å²) in [6.45, 7) is 0.271. The highest BCUT2D eigenvalue weighted by Gasteiger charge is 2.22. The summed E-state index contributed by atoms with van der Waals surface area (Å²) in [6, 6.07) is 15.2. The molecule has 2 aromatic carbocycles. The third-order valence-electron chi connectivity index (χ3n) is 3.96. The number of rotatable bonds is 6. The smallest absolute Gasteiger partial charge is 0.239 e. The van der Waals surface area contributed by atoms with E-state index >= 15 is 0 Å². The molecule has 8 heteroatoms. The van der Waals surface area contributed by atoms with Gasteiger partial charge in [0.25, 0.3) is 0 Å². The Balaban J connectivity index is 1.59. The molecule has 4 aromatic rings. The van der Waals surface area contributed by atoms with E-state index < -0.39 is 0 Å². The Morgan fingerprint density at radius 3 is 2.71 bits per heavy atom. The molecule has 0 aliphatic rings. The number of para-hydroxylation sites is 1. The van der Waals surface area contributed by atoms with Gasteiger partial charge in [-0.05, 0) is 48.5 Å². The number of nitrogens with zero attached hydrogens (tertiary/aromatic N) is 2. The van der Waals surface area contributed by atoms with E-state index in [1.54, 1.807) is 35.4 Å². The van der Waals surface area contributed by atoms with Gasteiger partial charge >= 0.3 is 0 Å². The molecule has 28 heavy (non-hydrogen) atoms. The minimum absolute atomic E-state index is 0.124. The minimum atomic E-state index is -0.304. The quantitative estimate of drug-likeness (QED) is 0.350. The Bertz CT molecular complexity index is 1100. The molecule has 4 nitrogen and oxygen atoms in total. The third kappa shape index (κ3) is 4.22. The van der Waals surface area contributed by atoms with Crippen molar-refractivity contribution in [2.24, 2.45) is 0 Å². The van der Waals surface area contributed by atoms with Crippen molar-refractivity contribution in [1.82, 2.24) is 4.98 Å². The van der Waals surface area contributed by atoms with Gasteiger partial charge in [-0.1, -0.05) is 29.0 Å². The number of aromatic nitrogens is 1. The predicted molar refractivity (Wildman–Crippen MR) is 112 cm³/mol. The zero-order valence-electron chi connectivity index (χ0n) is 14.5. The number of amides is 1. The van der Waals surface area contributed by atoms with Crippen molar-refractivity contribution in [2.75, 3.05) is 10.7 Å². The second-order valence-corrected chi connectivity index (χ2v) is 8.35. The van der Waals surface area contributed by atoms with Crippen LogP contribution in [0.2, 0.25) is 5.02 Å². The Morgan fingerprint density at radius 1 is 1.18 bits per heavy atom. The molecule has 0 N–H and O–H groups in total. The average Bonchev–Trinajstić information content (AvgIpc) is 3.35. The van der Waals surface area contributed by atoms with Crippen molar-refractivity contribution in [3.8, 4) is 0 Å². The number of thiazole rings is 1. The lowest BCUT2D eigenvalue weighted by atomic mass is 10.3. The summed E-state index contributed by atoms with van der Waals surface area (Å²) in [4.78, 5) is 20.0. The highest BCUT2D eigenvalue weighted by atomic mass is 35.5. The van der Waals surface area contributed by atoms with Crippen LogP contribution in [0.15, 0.2) is 70.2 Å². The van der Waals surface area contributed by atoms with E-state index in [0.717, 1.165) is 9.60 Å². The number of carbonyl (C=O) groups is 1. The standard InChI is InChI=1S/C20H14ClFN2O2S2/c21-16-4-1-5-17-19(16)23-20(28-17)24(11-14-3-2-10-26-14)18(25)12-27-15-8-6-13(22)7-9-15/h1-10H,11-12H2. The Morgan fingerprint density at radius 2 is 2.00 bits per heavy atom. The minimum Gasteiger partial charge on any atom is -0.467 e. The Kier molecular flexibility index (Phi) is 5.66. The number of halogens is 2. The van der Waals surface area contributed by atoms with Gasteiger partial charge in [-0.2, -0.15) is 0 Å². The van der Waals surface area contributed by atoms with Crippen molar-refractivity contribution < 1.29 is 13.6 Å². The lowest BCUT2D eigenvalue weighted by Crippen LogP contribution is -2.31. The van der Waals surface area contributed by atoms with Crippen LogP contribution in [0.25, 0.3) is 10.2 Å². The fourth-order valence-electron chi connectivity index (χ4n) is 2.59. The third-order valence-corrected chi connectivity index (χ3v) is 6.31.